The molecule has 0 saturated heterocycles. The van der Waals surface area contributed by atoms with Crippen LogP contribution in [0.5, 0.6) is 0 Å². The van der Waals surface area contributed by atoms with Crippen LogP contribution < -0.4 is 10.6 Å². The quantitative estimate of drug-likeness (QED) is 0.690. The molecule has 0 aliphatic carbocycles. The van der Waals surface area contributed by atoms with Gasteiger partial charge in [0.2, 0.25) is 0 Å². The fourth-order valence-electron chi connectivity index (χ4n) is 1.61. The molecule has 0 aliphatic heterocycles. The summed E-state index contributed by atoms with van der Waals surface area (Å²) >= 11 is 6.65. The van der Waals surface area contributed by atoms with E-state index in [-0.39, 0.29) is 5.56 Å². The summed E-state index contributed by atoms with van der Waals surface area (Å²) in [5, 5.41) is 14.2. The van der Waals surface area contributed by atoms with Crippen molar-refractivity contribution in [3.63, 3.8) is 0 Å². The van der Waals surface area contributed by atoms with Crippen molar-refractivity contribution >= 4 is 55.2 Å². The molecule has 21 heavy (non-hydrogen) atoms. The lowest BCUT2D eigenvalue weighted by molar-refractivity contribution is 0.0697. The van der Waals surface area contributed by atoms with E-state index in [1.165, 1.54) is 12.1 Å². The Hall–Kier alpha value is -1.86. The summed E-state index contributed by atoms with van der Waals surface area (Å²) in [5.74, 6) is -1.05. The standard InChI is InChI=1S/C14H10Br2N2O3/c15-9-4-5-11(16)12(7-9)18-14(21)17-10-3-1-2-8(6-10)13(19)20/h1-7H,(H,19,20)(H2,17,18,21). The summed E-state index contributed by atoms with van der Waals surface area (Å²) in [6.45, 7) is 0. The Morgan fingerprint density at radius 3 is 2.48 bits per heavy atom. The number of nitrogens with one attached hydrogen (secondary N) is 2. The van der Waals surface area contributed by atoms with E-state index < -0.39 is 12.0 Å². The van der Waals surface area contributed by atoms with E-state index in [0.717, 1.165) is 8.95 Å². The topological polar surface area (TPSA) is 78.4 Å². The maximum Gasteiger partial charge on any atom is 0.335 e. The summed E-state index contributed by atoms with van der Waals surface area (Å²) in [6.07, 6.45) is 0. The number of aromatic carboxylic acids is 1. The van der Waals surface area contributed by atoms with Crippen molar-refractivity contribution in [1.29, 1.82) is 0 Å². The summed E-state index contributed by atoms with van der Waals surface area (Å²) in [5.41, 5.74) is 1.10. The monoisotopic (exact) mass is 412 g/mol. The first kappa shape index (κ1) is 15.5. The Morgan fingerprint density at radius 1 is 1.00 bits per heavy atom. The van der Waals surface area contributed by atoms with Crippen LogP contribution >= 0.6 is 31.9 Å². The molecular weight excluding hydrogens is 404 g/mol. The number of carbonyl (C=O) groups excluding carboxylic acids is 1. The van der Waals surface area contributed by atoms with Crippen molar-refractivity contribution in [2.45, 2.75) is 0 Å². The smallest absolute Gasteiger partial charge is 0.335 e. The number of hydrogen-bond acceptors (Lipinski definition) is 2. The summed E-state index contributed by atoms with van der Waals surface area (Å²) in [7, 11) is 0. The fraction of sp³-hybridized carbons (Fsp3) is 0. The Labute approximate surface area is 137 Å². The van der Waals surface area contributed by atoms with Gasteiger partial charge in [0.25, 0.3) is 0 Å². The minimum Gasteiger partial charge on any atom is -0.478 e. The van der Waals surface area contributed by atoms with Crippen LogP contribution in [0.1, 0.15) is 10.4 Å². The van der Waals surface area contributed by atoms with Crippen LogP contribution in [-0.2, 0) is 0 Å². The van der Waals surface area contributed by atoms with Crippen molar-refractivity contribution in [3.8, 4) is 0 Å². The van der Waals surface area contributed by atoms with E-state index in [9.17, 15) is 9.59 Å². The van der Waals surface area contributed by atoms with E-state index in [1.54, 1.807) is 24.3 Å². The maximum atomic E-state index is 11.9. The van der Waals surface area contributed by atoms with Crippen molar-refractivity contribution in [2.24, 2.45) is 0 Å². The van der Waals surface area contributed by atoms with Gasteiger partial charge in [0.05, 0.1) is 11.3 Å². The van der Waals surface area contributed by atoms with Gasteiger partial charge in [-0.2, -0.15) is 0 Å². The molecule has 0 spiro atoms. The van der Waals surface area contributed by atoms with E-state index >= 15 is 0 Å². The number of rotatable bonds is 3. The number of anilines is 2. The second-order valence-corrected chi connectivity index (χ2v) is 5.86. The molecule has 3 N–H and O–H groups in total. The van der Waals surface area contributed by atoms with E-state index in [2.05, 4.69) is 42.5 Å². The lowest BCUT2D eigenvalue weighted by Gasteiger charge is -2.10. The maximum absolute atomic E-state index is 11.9. The Kier molecular flexibility index (Phi) is 4.98. The molecule has 0 fully saturated rings. The molecule has 2 amide bonds. The number of carbonyl (C=O) groups is 2. The zero-order valence-corrected chi connectivity index (χ0v) is 13.7. The molecule has 0 bridgehead atoms. The highest BCUT2D eigenvalue weighted by Crippen LogP contribution is 2.26. The Bertz CT molecular complexity index is 704. The molecule has 0 unspecified atom stereocenters. The Balaban J connectivity index is 2.10. The van der Waals surface area contributed by atoms with Crippen LogP contribution in [0.15, 0.2) is 51.4 Å². The first-order chi connectivity index (χ1) is 9.95. The molecule has 2 aromatic carbocycles. The molecule has 0 radical (unpaired) electrons. The van der Waals surface area contributed by atoms with Gasteiger partial charge in [-0.05, 0) is 52.3 Å². The van der Waals surface area contributed by atoms with Gasteiger partial charge in [0.1, 0.15) is 0 Å². The Morgan fingerprint density at radius 2 is 1.76 bits per heavy atom. The number of urea groups is 1. The van der Waals surface area contributed by atoms with Gasteiger partial charge in [-0.15, -0.1) is 0 Å². The highest BCUT2D eigenvalue weighted by molar-refractivity contribution is 9.11. The van der Waals surface area contributed by atoms with Crippen LogP contribution in [0.2, 0.25) is 0 Å². The minimum atomic E-state index is -1.05. The van der Waals surface area contributed by atoms with Crippen LogP contribution in [0.25, 0.3) is 0 Å². The average molecular weight is 414 g/mol. The van der Waals surface area contributed by atoms with Crippen molar-refractivity contribution in [2.75, 3.05) is 10.6 Å². The SMILES string of the molecule is O=C(Nc1cccc(C(=O)O)c1)Nc1cc(Br)ccc1Br. The third kappa shape index (κ3) is 4.30. The molecule has 2 rings (SSSR count). The zero-order chi connectivity index (χ0) is 15.4. The van der Waals surface area contributed by atoms with Gasteiger partial charge in [0, 0.05) is 14.6 Å². The molecule has 7 heteroatoms. The second kappa shape index (κ2) is 6.73. The van der Waals surface area contributed by atoms with Gasteiger partial charge in [0.15, 0.2) is 0 Å². The van der Waals surface area contributed by atoms with Crippen molar-refractivity contribution in [1.82, 2.24) is 0 Å². The highest BCUT2D eigenvalue weighted by atomic mass is 79.9. The number of carboxylic acids is 1. The van der Waals surface area contributed by atoms with Crippen molar-refractivity contribution < 1.29 is 14.7 Å². The normalized spacial score (nSPS) is 10.0. The van der Waals surface area contributed by atoms with Gasteiger partial charge < -0.3 is 15.7 Å². The third-order valence-corrected chi connectivity index (χ3v) is 3.73. The van der Waals surface area contributed by atoms with E-state index in [0.29, 0.717) is 11.4 Å². The lowest BCUT2D eigenvalue weighted by Crippen LogP contribution is -2.19. The molecule has 108 valence electrons. The molecule has 0 saturated carbocycles. The van der Waals surface area contributed by atoms with Gasteiger partial charge in [-0.25, -0.2) is 9.59 Å². The second-order valence-electron chi connectivity index (χ2n) is 4.09. The average Bonchev–Trinajstić information content (AvgIpc) is 2.43. The number of halogens is 2. The van der Waals surface area contributed by atoms with Gasteiger partial charge >= 0.3 is 12.0 Å². The molecule has 5 nitrogen and oxygen atoms in total. The van der Waals surface area contributed by atoms with Crippen LogP contribution in [-0.4, -0.2) is 17.1 Å². The predicted molar refractivity (Wildman–Crippen MR) is 87.9 cm³/mol. The minimum absolute atomic E-state index is 0.108. The third-order valence-electron chi connectivity index (χ3n) is 2.54. The first-order valence-electron chi connectivity index (χ1n) is 5.82. The molecule has 0 aliphatic rings. The largest absolute Gasteiger partial charge is 0.478 e. The van der Waals surface area contributed by atoms with Gasteiger partial charge in [-0.3, -0.25) is 0 Å². The molecular formula is C14H10Br2N2O3. The molecule has 0 atom stereocenters. The lowest BCUT2D eigenvalue weighted by atomic mass is 10.2. The predicted octanol–water partition coefficient (Wildman–Crippen LogP) is 4.55. The molecule has 0 aromatic heterocycles. The first-order valence-corrected chi connectivity index (χ1v) is 7.41. The van der Waals surface area contributed by atoms with E-state index in [1.807, 2.05) is 6.07 Å². The summed E-state index contributed by atoms with van der Waals surface area (Å²) in [6, 6.07) is 10.9. The number of benzene rings is 2. The van der Waals surface area contributed by atoms with E-state index in [4.69, 9.17) is 5.11 Å². The highest BCUT2D eigenvalue weighted by Gasteiger charge is 2.08. The number of amides is 2. The molecule has 2 aromatic rings. The van der Waals surface area contributed by atoms with Crippen LogP contribution in [0, 0.1) is 0 Å². The zero-order valence-electron chi connectivity index (χ0n) is 10.6. The van der Waals surface area contributed by atoms with Crippen molar-refractivity contribution in [3.05, 3.63) is 57.0 Å². The van der Waals surface area contributed by atoms with Crippen LogP contribution in [0.3, 0.4) is 0 Å². The number of hydrogen-bond donors (Lipinski definition) is 3. The molecule has 0 heterocycles. The fourth-order valence-corrected chi connectivity index (χ4v) is 2.31. The summed E-state index contributed by atoms with van der Waals surface area (Å²) in [4.78, 5) is 22.8. The van der Waals surface area contributed by atoms with Crippen LogP contribution in [0.4, 0.5) is 16.2 Å². The number of carboxylic acid groups (broad SMARTS) is 1. The van der Waals surface area contributed by atoms with Gasteiger partial charge in [-0.1, -0.05) is 22.0 Å². The summed E-state index contributed by atoms with van der Waals surface area (Å²) < 4.78 is 1.56.